The van der Waals surface area contributed by atoms with E-state index in [4.69, 9.17) is 0 Å². The Morgan fingerprint density at radius 2 is 2.00 bits per heavy atom. The minimum atomic E-state index is -1.22. The van der Waals surface area contributed by atoms with Gasteiger partial charge in [0, 0.05) is 0 Å². The molecule has 1 rings (SSSR count). The van der Waals surface area contributed by atoms with Gasteiger partial charge in [-0.2, -0.15) is 0 Å². The lowest BCUT2D eigenvalue weighted by Crippen LogP contribution is -2.36. The summed E-state index contributed by atoms with van der Waals surface area (Å²) in [5.41, 5.74) is 0. The fourth-order valence-electron chi connectivity index (χ4n) is 1.65. The van der Waals surface area contributed by atoms with Crippen molar-refractivity contribution >= 4 is 5.78 Å². The first kappa shape index (κ1) is 9.65. The molecule has 1 aliphatic rings. The van der Waals surface area contributed by atoms with Crippen molar-refractivity contribution in [2.24, 2.45) is 5.92 Å². The van der Waals surface area contributed by atoms with Crippen molar-refractivity contribution in [2.45, 2.75) is 25.9 Å². The molecule has 1 unspecified atom stereocenters. The number of hydrogen-bond donors (Lipinski definition) is 0. The highest BCUT2D eigenvalue weighted by atomic mass is 19.1. The fourth-order valence-corrected chi connectivity index (χ4v) is 1.65. The molecule has 1 atom stereocenters. The first-order valence-electron chi connectivity index (χ1n) is 4.44. The van der Waals surface area contributed by atoms with E-state index in [1.807, 2.05) is 7.05 Å². The lowest BCUT2D eigenvalue weighted by molar-refractivity contribution is -0.124. The monoisotopic (exact) mass is 173 g/mol. The quantitative estimate of drug-likeness (QED) is 0.626. The van der Waals surface area contributed by atoms with E-state index in [-0.39, 0.29) is 11.7 Å². The summed E-state index contributed by atoms with van der Waals surface area (Å²) in [7, 11) is 2.03. The summed E-state index contributed by atoms with van der Waals surface area (Å²) in [5, 5.41) is 0. The summed E-state index contributed by atoms with van der Waals surface area (Å²) >= 11 is 0. The maximum absolute atomic E-state index is 13.2. The Morgan fingerprint density at radius 3 is 2.42 bits per heavy atom. The van der Waals surface area contributed by atoms with Crippen LogP contribution in [0, 0.1) is 5.92 Å². The number of likely N-dealkylation sites (tertiary alicyclic amines) is 1. The van der Waals surface area contributed by atoms with Crippen LogP contribution in [0.4, 0.5) is 4.39 Å². The molecular formula is C9H16FNO. The molecule has 0 N–H and O–H groups in total. The molecule has 0 bridgehead atoms. The molecule has 3 heteroatoms. The molecular weight excluding hydrogens is 157 g/mol. The minimum absolute atomic E-state index is 0.0290. The van der Waals surface area contributed by atoms with Crippen LogP contribution in [0.15, 0.2) is 0 Å². The SMILES string of the molecule is CC(=O)C(F)C1CCN(C)CC1. The van der Waals surface area contributed by atoms with Gasteiger partial charge in [-0.05, 0) is 45.8 Å². The predicted molar refractivity (Wildman–Crippen MR) is 45.8 cm³/mol. The first-order valence-corrected chi connectivity index (χ1v) is 4.44. The van der Waals surface area contributed by atoms with Gasteiger partial charge in [-0.3, -0.25) is 4.79 Å². The molecule has 0 radical (unpaired) electrons. The van der Waals surface area contributed by atoms with Gasteiger partial charge in [0.15, 0.2) is 12.0 Å². The molecule has 1 fully saturated rings. The van der Waals surface area contributed by atoms with E-state index in [0.717, 1.165) is 25.9 Å². The largest absolute Gasteiger partial charge is 0.306 e. The number of nitrogens with zero attached hydrogens (tertiary/aromatic N) is 1. The van der Waals surface area contributed by atoms with Gasteiger partial charge in [0.05, 0.1) is 0 Å². The van der Waals surface area contributed by atoms with E-state index >= 15 is 0 Å². The standard InChI is InChI=1S/C9H16FNO/c1-7(12)9(10)8-3-5-11(2)6-4-8/h8-9H,3-6H2,1-2H3. The zero-order chi connectivity index (χ0) is 9.14. The summed E-state index contributed by atoms with van der Waals surface area (Å²) < 4.78 is 13.2. The third kappa shape index (κ3) is 2.27. The Kier molecular flexibility index (Phi) is 3.20. The maximum Gasteiger partial charge on any atom is 0.164 e. The van der Waals surface area contributed by atoms with Crippen LogP contribution in [-0.4, -0.2) is 37.0 Å². The maximum atomic E-state index is 13.2. The van der Waals surface area contributed by atoms with Gasteiger partial charge in [0.25, 0.3) is 0 Å². The minimum Gasteiger partial charge on any atom is -0.306 e. The zero-order valence-corrected chi connectivity index (χ0v) is 7.72. The Morgan fingerprint density at radius 1 is 1.50 bits per heavy atom. The van der Waals surface area contributed by atoms with E-state index in [1.165, 1.54) is 6.92 Å². The lowest BCUT2D eigenvalue weighted by Gasteiger charge is -2.29. The topological polar surface area (TPSA) is 20.3 Å². The Labute approximate surface area is 72.7 Å². The highest BCUT2D eigenvalue weighted by Crippen LogP contribution is 2.22. The molecule has 1 saturated heterocycles. The molecule has 1 heterocycles. The number of hydrogen-bond acceptors (Lipinski definition) is 2. The summed E-state index contributed by atoms with van der Waals surface area (Å²) in [5.74, 6) is -0.344. The Hall–Kier alpha value is -0.440. The second-order valence-electron chi connectivity index (χ2n) is 3.65. The van der Waals surface area contributed by atoms with E-state index < -0.39 is 6.17 Å². The number of halogens is 1. The van der Waals surface area contributed by atoms with Crippen molar-refractivity contribution < 1.29 is 9.18 Å². The van der Waals surface area contributed by atoms with Crippen LogP contribution in [0.2, 0.25) is 0 Å². The number of rotatable bonds is 2. The van der Waals surface area contributed by atoms with Gasteiger partial charge in [-0.15, -0.1) is 0 Å². The molecule has 0 saturated carbocycles. The van der Waals surface area contributed by atoms with Crippen LogP contribution in [0.25, 0.3) is 0 Å². The summed E-state index contributed by atoms with van der Waals surface area (Å²) in [6, 6.07) is 0. The smallest absolute Gasteiger partial charge is 0.164 e. The van der Waals surface area contributed by atoms with E-state index in [0.29, 0.717) is 0 Å². The molecule has 0 aromatic heterocycles. The molecule has 2 nitrogen and oxygen atoms in total. The number of carbonyl (C=O) groups excluding carboxylic acids is 1. The molecule has 1 aliphatic heterocycles. The first-order chi connectivity index (χ1) is 5.61. The Balaban J connectivity index is 2.39. The van der Waals surface area contributed by atoms with Crippen molar-refractivity contribution in [3.8, 4) is 0 Å². The summed E-state index contributed by atoms with van der Waals surface area (Å²) in [6.45, 7) is 3.17. The second kappa shape index (κ2) is 3.99. The number of carbonyl (C=O) groups is 1. The molecule has 0 spiro atoms. The molecule has 12 heavy (non-hydrogen) atoms. The number of piperidine rings is 1. The molecule has 70 valence electrons. The number of alkyl halides is 1. The average molecular weight is 173 g/mol. The molecule has 0 aliphatic carbocycles. The third-order valence-corrected chi connectivity index (χ3v) is 2.57. The normalized spacial score (nSPS) is 23.9. The summed E-state index contributed by atoms with van der Waals surface area (Å²) in [4.78, 5) is 12.9. The van der Waals surface area contributed by atoms with Crippen molar-refractivity contribution in [1.29, 1.82) is 0 Å². The van der Waals surface area contributed by atoms with Crippen LogP contribution < -0.4 is 0 Å². The van der Waals surface area contributed by atoms with Crippen LogP contribution in [0.1, 0.15) is 19.8 Å². The summed E-state index contributed by atoms with van der Waals surface area (Å²) in [6.07, 6.45) is 0.410. The fraction of sp³-hybridized carbons (Fsp3) is 0.889. The number of Topliss-reactive ketones (excluding diaryl/α,β-unsaturated/α-hetero) is 1. The van der Waals surface area contributed by atoms with E-state index in [9.17, 15) is 9.18 Å². The van der Waals surface area contributed by atoms with Crippen LogP contribution >= 0.6 is 0 Å². The van der Waals surface area contributed by atoms with Gasteiger partial charge in [-0.1, -0.05) is 0 Å². The highest BCUT2D eigenvalue weighted by Gasteiger charge is 2.27. The molecule has 0 aromatic rings. The van der Waals surface area contributed by atoms with Gasteiger partial charge < -0.3 is 4.90 Å². The Bertz CT molecular complexity index is 164. The molecule has 0 amide bonds. The highest BCUT2D eigenvalue weighted by molar-refractivity contribution is 5.80. The zero-order valence-electron chi connectivity index (χ0n) is 7.72. The molecule has 0 aromatic carbocycles. The van der Waals surface area contributed by atoms with E-state index in [1.54, 1.807) is 0 Å². The third-order valence-electron chi connectivity index (χ3n) is 2.57. The number of ketones is 1. The van der Waals surface area contributed by atoms with Crippen molar-refractivity contribution in [3.63, 3.8) is 0 Å². The average Bonchev–Trinajstić information content (AvgIpc) is 2.04. The van der Waals surface area contributed by atoms with Crippen LogP contribution in [0.5, 0.6) is 0 Å². The van der Waals surface area contributed by atoms with Gasteiger partial charge in [0.2, 0.25) is 0 Å². The van der Waals surface area contributed by atoms with Gasteiger partial charge in [0.1, 0.15) is 0 Å². The van der Waals surface area contributed by atoms with Crippen LogP contribution in [-0.2, 0) is 4.79 Å². The van der Waals surface area contributed by atoms with Crippen molar-refractivity contribution in [3.05, 3.63) is 0 Å². The van der Waals surface area contributed by atoms with Gasteiger partial charge in [-0.25, -0.2) is 4.39 Å². The van der Waals surface area contributed by atoms with E-state index in [2.05, 4.69) is 4.90 Å². The van der Waals surface area contributed by atoms with Crippen molar-refractivity contribution in [1.82, 2.24) is 4.90 Å². The van der Waals surface area contributed by atoms with Crippen LogP contribution in [0.3, 0.4) is 0 Å². The second-order valence-corrected chi connectivity index (χ2v) is 3.65. The van der Waals surface area contributed by atoms with Gasteiger partial charge >= 0.3 is 0 Å². The van der Waals surface area contributed by atoms with Crippen molar-refractivity contribution in [2.75, 3.05) is 20.1 Å². The lowest BCUT2D eigenvalue weighted by atomic mass is 9.91. The predicted octanol–water partition coefficient (Wildman–Crippen LogP) is 1.26.